The number of H-pyrrole nitrogens is 1. The maximum absolute atomic E-state index is 13.5. The molecule has 104 valence electrons. The van der Waals surface area contributed by atoms with Crippen LogP contribution in [0.25, 0.3) is 22.2 Å². The van der Waals surface area contributed by atoms with E-state index in [0.29, 0.717) is 0 Å². The average Bonchev–Trinajstić information content (AvgIpc) is 2.86. The van der Waals surface area contributed by atoms with Crippen LogP contribution < -0.4 is 4.74 Å². The first-order valence-corrected chi connectivity index (χ1v) is 6.54. The van der Waals surface area contributed by atoms with Gasteiger partial charge >= 0.3 is 0 Å². The van der Waals surface area contributed by atoms with E-state index in [1.165, 1.54) is 12.1 Å². The molecular weight excluding hydrogens is 267 g/mol. The molecule has 0 bridgehead atoms. The number of benzene rings is 2. The molecule has 3 aromatic rings. The van der Waals surface area contributed by atoms with Gasteiger partial charge in [-0.15, -0.1) is 0 Å². The SMILES string of the molecule is COc1ccc(-c2[nH]c3ccc(F)cc3c2CC#N)cc1. The van der Waals surface area contributed by atoms with E-state index in [1.54, 1.807) is 13.2 Å². The third kappa shape index (κ3) is 2.34. The second-order valence-electron chi connectivity index (χ2n) is 4.73. The van der Waals surface area contributed by atoms with E-state index in [0.717, 1.165) is 33.5 Å². The molecule has 1 N–H and O–H groups in total. The van der Waals surface area contributed by atoms with Gasteiger partial charge in [0.15, 0.2) is 0 Å². The van der Waals surface area contributed by atoms with Gasteiger partial charge < -0.3 is 9.72 Å². The summed E-state index contributed by atoms with van der Waals surface area (Å²) in [6.07, 6.45) is 0.227. The molecule has 3 rings (SSSR count). The minimum atomic E-state index is -0.304. The zero-order valence-corrected chi connectivity index (χ0v) is 11.5. The summed E-state index contributed by atoms with van der Waals surface area (Å²) in [6, 6.07) is 14.3. The average molecular weight is 280 g/mol. The van der Waals surface area contributed by atoms with Gasteiger partial charge in [0.05, 0.1) is 25.3 Å². The smallest absolute Gasteiger partial charge is 0.123 e. The number of fused-ring (bicyclic) bond motifs is 1. The molecule has 1 aromatic heterocycles. The van der Waals surface area contributed by atoms with Gasteiger partial charge in [-0.1, -0.05) is 0 Å². The topological polar surface area (TPSA) is 48.8 Å². The van der Waals surface area contributed by atoms with E-state index in [2.05, 4.69) is 11.1 Å². The summed E-state index contributed by atoms with van der Waals surface area (Å²) < 4.78 is 18.6. The molecule has 0 radical (unpaired) electrons. The summed E-state index contributed by atoms with van der Waals surface area (Å²) in [4.78, 5) is 3.27. The van der Waals surface area contributed by atoms with Crippen molar-refractivity contribution in [1.29, 1.82) is 5.26 Å². The zero-order valence-electron chi connectivity index (χ0n) is 11.5. The van der Waals surface area contributed by atoms with Crippen LogP contribution in [0.1, 0.15) is 5.56 Å². The zero-order chi connectivity index (χ0) is 14.8. The summed E-state index contributed by atoms with van der Waals surface area (Å²) in [5.74, 6) is 0.463. The van der Waals surface area contributed by atoms with Crippen molar-refractivity contribution in [3.63, 3.8) is 0 Å². The predicted octanol–water partition coefficient (Wildman–Crippen LogP) is 4.05. The van der Waals surface area contributed by atoms with Gasteiger partial charge in [-0.25, -0.2) is 4.39 Å². The van der Waals surface area contributed by atoms with Crippen LogP contribution in [0.15, 0.2) is 42.5 Å². The Kier molecular flexibility index (Phi) is 3.33. The normalized spacial score (nSPS) is 10.5. The molecule has 0 spiro atoms. The van der Waals surface area contributed by atoms with Crippen LogP contribution in [0.3, 0.4) is 0 Å². The molecule has 21 heavy (non-hydrogen) atoms. The molecule has 4 heteroatoms. The number of nitrogens with zero attached hydrogens (tertiary/aromatic N) is 1. The maximum Gasteiger partial charge on any atom is 0.123 e. The summed E-state index contributed by atoms with van der Waals surface area (Å²) in [7, 11) is 1.61. The second-order valence-corrected chi connectivity index (χ2v) is 4.73. The van der Waals surface area contributed by atoms with Gasteiger partial charge in [0, 0.05) is 10.9 Å². The molecular formula is C17H13FN2O. The van der Waals surface area contributed by atoms with Gasteiger partial charge in [-0.05, 0) is 53.6 Å². The van der Waals surface area contributed by atoms with Gasteiger partial charge in [0.1, 0.15) is 11.6 Å². The predicted molar refractivity (Wildman–Crippen MR) is 79.6 cm³/mol. The lowest BCUT2D eigenvalue weighted by molar-refractivity contribution is 0.415. The lowest BCUT2D eigenvalue weighted by Crippen LogP contribution is -1.87. The summed E-state index contributed by atoms with van der Waals surface area (Å²) >= 11 is 0. The minimum Gasteiger partial charge on any atom is -0.497 e. The molecule has 0 aliphatic rings. The molecule has 0 saturated heterocycles. The summed E-state index contributed by atoms with van der Waals surface area (Å²) in [5, 5.41) is 9.79. The van der Waals surface area contributed by atoms with Crippen LogP contribution in [0.2, 0.25) is 0 Å². The Balaban J connectivity index is 2.20. The van der Waals surface area contributed by atoms with Crippen molar-refractivity contribution in [3.8, 4) is 23.1 Å². The Hall–Kier alpha value is -2.80. The lowest BCUT2D eigenvalue weighted by Gasteiger charge is -2.04. The highest BCUT2D eigenvalue weighted by Crippen LogP contribution is 2.32. The monoisotopic (exact) mass is 280 g/mol. The maximum atomic E-state index is 13.5. The Bertz CT molecular complexity index is 828. The van der Waals surface area contributed by atoms with Crippen molar-refractivity contribution in [2.45, 2.75) is 6.42 Å². The van der Waals surface area contributed by atoms with Crippen LogP contribution in [0, 0.1) is 17.1 Å². The highest BCUT2D eigenvalue weighted by molar-refractivity contribution is 5.91. The van der Waals surface area contributed by atoms with Crippen molar-refractivity contribution in [3.05, 3.63) is 53.8 Å². The van der Waals surface area contributed by atoms with Crippen LogP contribution in [0.4, 0.5) is 4.39 Å². The molecule has 2 aromatic carbocycles. The van der Waals surface area contributed by atoms with E-state index in [-0.39, 0.29) is 12.2 Å². The Morgan fingerprint density at radius 2 is 1.95 bits per heavy atom. The number of aromatic amines is 1. The Morgan fingerprint density at radius 1 is 1.19 bits per heavy atom. The molecule has 0 unspecified atom stereocenters. The number of hydrogen-bond donors (Lipinski definition) is 1. The standard InChI is InChI=1S/C17H13FN2O/c1-21-13-5-2-11(3-6-13)17-14(8-9-19)15-10-12(18)4-7-16(15)20-17/h2-7,10,20H,8H2,1H3. The Morgan fingerprint density at radius 3 is 2.62 bits per heavy atom. The molecule has 0 atom stereocenters. The molecule has 0 aliphatic carbocycles. The minimum absolute atomic E-state index is 0.227. The number of nitriles is 1. The van der Waals surface area contributed by atoms with Crippen LogP contribution in [-0.2, 0) is 6.42 Å². The third-order valence-corrected chi connectivity index (χ3v) is 3.50. The van der Waals surface area contributed by atoms with Crippen molar-refractivity contribution in [2.24, 2.45) is 0 Å². The molecule has 0 amide bonds. The number of hydrogen-bond acceptors (Lipinski definition) is 2. The van der Waals surface area contributed by atoms with Crippen molar-refractivity contribution < 1.29 is 9.13 Å². The van der Waals surface area contributed by atoms with E-state index in [1.807, 2.05) is 24.3 Å². The fourth-order valence-electron chi connectivity index (χ4n) is 2.49. The quantitative estimate of drug-likeness (QED) is 0.786. The van der Waals surface area contributed by atoms with Gasteiger partial charge in [0.2, 0.25) is 0 Å². The highest BCUT2D eigenvalue weighted by Gasteiger charge is 2.13. The van der Waals surface area contributed by atoms with Crippen LogP contribution in [0.5, 0.6) is 5.75 Å². The van der Waals surface area contributed by atoms with Gasteiger partial charge in [-0.3, -0.25) is 0 Å². The number of nitrogens with one attached hydrogen (secondary N) is 1. The van der Waals surface area contributed by atoms with Crippen LogP contribution in [-0.4, -0.2) is 12.1 Å². The molecule has 0 fully saturated rings. The molecule has 3 nitrogen and oxygen atoms in total. The van der Waals surface area contributed by atoms with Crippen molar-refractivity contribution >= 4 is 10.9 Å². The van der Waals surface area contributed by atoms with E-state index in [4.69, 9.17) is 10.00 Å². The van der Waals surface area contributed by atoms with Crippen molar-refractivity contribution in [1.82, 2.24) is 4.98 Å². The summed E-state index contributed by atoms with van der Waals surface area (Å²) in [6.45, 7) is 0. The number of halogens is 1. The summed E-state index contributed by atoms with van der Waals surface area (Å²) in [5.41, 5.74) is 3.43. The highest BCUT2D eigenvalue weighted by atomic mass is 19.1. The van der Waals surface area contributed by atoms with E-state index < -0.39 is 0 Å². The number of rotatable bonds is 3. The fourth-order valence-corrected chi connectivity index (χ4v) is 2.49. The largest absolute Gasteiger partial charge is 0.497 e. The number of aromatic nitrogens is 1. The first-order chi connectivity index (χ1) is 10.2. The van der Waals surface area contributed by atoms with Crippen LogP contribution >= 0.6 is 0 Å². The second kappa shape index (κ2) is 5.29. The molecule has 1 heterocycles. The fraction of sp³-hybridized carbons (Fsp3) is 0.118. The van der Waals surface area contributed by atoms with Gasteiger partial charge in [0.25, 0.3) is 0 Å². The molecule has 0 saturated carbocycles. The lowest BCUT2D eigenvalue weighted by atomic mass is 10.0. The number of ether oxygens (including phenoxy) is 1. The molecule has 0 aliphatic heterocycles. The first-order valence-electron chi connectivity index (χ1n) is 6.54. The van der Waals surface area contributed by atoms with Crippen molar-refractivity contribution in [2.75, 3.05) is 7.11 Å². The van der Waals surface area contributed by atoms with E-state index >= 15 is 0 Å². The Labute approximate surface area is 121 Å². The first kappa shape index (κ1) is 13.2. The van der Waals surface area contributed by atoms with Gasteiger partial charge in [-0.2, -0.15) is 5.26 Å². The number of methoxy groups -OCH3 is 1. The third-order valence-electron chi connectivity index (χ3n) is 3.50. The van der Waals surface area contributed by atoms with E-state index in [9.17, 15) is 4.39 Å².